The number of hydrogen-bond acceptors (Lipinski definition) is 2. The number of hydrogen-bond donors (Lipinski definition) is 2. The molecule has 2 nitrogen and oxygen atoms in total. The van der Waals surface area contributed by atoms with E-state index >= 15 is 0 Å². The Hall–Kier alpha value is -0.0800. The van der Waals surface area contributed by atoms with E-state index in [4.69, 9.17) is 5.84 Å². The molecule has 2 saturated carbocycles. The first-order chi connectivity index (χ1) is 4.40. The van der Waals surface area contributed by atoms with Gasteiger partial charge in [-0.25, -0.2) is 0 Å². The summed E-state index contributed by atoms with van der Waals surface area (Å²) in [6.45, 7) is 0. The summed E-state index contributed by atoms with van der Waals surface area (Å²) in [4.78, 5) is 0. The standard InChI is InChI=1S/C7H14N2/c8-9-7-4-5-1-2-6(7)3-5/h5-7,9H,1-4,8H2/t5-,6-,7-/m0/s1. The molecule has 0 saturated heterocycles. The molecule has 0 radical (unpaired) electrons. The molecule has 2 fully saturated rings. The fourth-order valence-corrected chi connectivity index (χ4v) is 2.45. The van der Waals surface area contributed by atoms with E-state index in [1.807, 2.05) is 0 Å². The molecule has 0 aromatic rings. The lowest BCUT2D eigenvalue weighted by Gasteiger charge is -2.19. The Morgan fingerprint density at radius 2 is 2.11 bits per heavy atom. The Kier molecular flexibility index (Phi) is 1.24. The molecule has 0 aromatic carbocycles. The molecule has 0 aliphatic heterocycles. The van der Waals surface area contributed by atoms with E-state index in [0.717, 1.165) is 11.8 Å². The summed E-state index contributed by atoms with van der Waals surface area (Å²) in [6, 6.07) is 0.656. The molecule has 2 aliphatic carbocycles. The van der Waals surface area contributed by atoms with Crippen LogP contribution in [0.1, 0.15) is 25.7 Å². The van der Waals surface area contributed by atoms with Crippen molar-refractivity contribution in [2.24, 2.45) is 17.7 Å². The average Bonchev–Trinajstić information content (AvgIpc) is 2.45. The lowest BCUT2D eigenvalue weighted by Crippen LogP contribution is -2.38. The summed E-state index contributed by atoms with van der Waals surface area (Å²) < 4.78 is 0. The summed E-state index contributed by atoms with van der Waals surface area (Å²) in [5.74, 6) is 7.30. The number of nitrogens with one attached hydrogen (secondary N) is 1. The monoisotopic (exact) mass is 126 g/mol. The van der Waals surface area contributed by atoms with Crippen LogP contribution in [0.4, 0.5) is 0 Å². The maximum absolute atomic E-state index is 5.37. The largest absolute Gasteiger partial charge is 0.271 e. The fraction of sp³-hybridized carbons (Fsp3) is 1.00. The van der Waals surface area contributed by atoms with Crippen LogP contribution in [0, 0.1) is 11.8 Å². The van der Waals surface area contributed by atoms with E-state index in [1.165, 1.54) is 25.7 Å². The zero-order valence-corrected chi connectivity index (χ0v) is 5.64. The summed E-state index contributed by atoms with van der Waals surface area (Å²) >= 11 is 0. The normalized spacial score (nSPS) is 48.3. The van der Waals surface area contributed by atoms with Crippen molar-refractivity contribution in [1.82, 2.24) is 5.43 Å². The molecule has 0 spiro atoms. The number of fused-ring (bicyclic) bond motifs is 2. The Morgan fingerprint density at radius 3 is 2.44 bits per heavy atom. The SMILES string of the molecule is NN[C@H]1C[C@H]2CC[C@H]1C2. The van der Waals surface area contributed by atoms with Crippen molar-refractivity contribution in [3.8, 4) is 0 Å². The smallest absolute Gasteiger partial charge is 0.0241 e. The van der Waals surface area contributed by atoms with E-state index in [-0.39, 0.29) is 0 Å². The fourth-order valence-electron chi connectivity index (χ4n) is 2.45. The Morgan fingerprint density at radius 1 is 1.22 bits per heavy atom. The van der Waals surface area contributed by atoms with Gasteiger partial charge in [0.05, 0.1) is 0 Å². The van der Waals surface area contributed by atoms with Crippen molar-refractivity contribution in [2.45, 2.75) is 31.7 Å². The molecule has 3 N–H and O–H groups in total. The van der Waals surface area contributed by atoms with Crippen molar-refractivity contribution in [2.75, 3.05) is 0 Å². The predicted octanol–water partition coefficient (Wildman–Crippen LogP) is 0.638. The number of nitrogens with two attached hydrogens (primary N) is 1. The highest BCUT2D eigenvalue weighted by Gasteiger charge is 2.38. The molecule has 9 heavy (non-hydrogen) atoms. The van der Waals surface area contributed by atoms with Crippen LogP contribution in [0.5, 0.6) is 0 Å². The number of hydrazine groups is 1. The minimum atomic E-state index is 0.656. The highest BCUT2D eigenvalue weighted by Crippen LogP contribution is 2.43. The van der Waals surface area contributed by atoms with Gasteiger partial charge in [0.1, 0.15) is 0 Å². The molecule has 0 unspecified atom stereocenters. The van der Waals surface area contributed by atoms with Crippen molar-refractivity contribution < 1.29 is 0 Å². The van der Waals surface area contributed by atoms with Crippen LogP contribution < -0.4 is 11.3 Å². The quantitative estimate of drug-likeness (QED) is 0.399. The zero-order chi connectivity index (χ0) is 6.27. The van der Waals surface area contributed by atoms with E-state index in [1.54, 1.807) is 0 Å². The Bertz CT molecular complexity index is 113. The van der Waals surface area contributed by atoms with Crippen LogP contribution in [-0.4, -0.2) is 6.04 Å². The van der Waals surface area contributed by atoms with E-state index in [9.17, 15) is 0 Å². The van der Waals surface area contributed by atoms with Gasteiger partial charge in [0, 0.05) is 6.04 Å². The highest BCUT2D eigenvalue weighted by atomic mass is 15.2. The number of rotatable bonds is 1. The average molecular weight is 126 g/mol. The van der Waals surface area contributed by atoms with Gasteiger partial charge >= 0.3 is 0 Å². The molecule has 0 heterocycles. The second kappa shape index (κ2) is 1.96. The van der Waals surface area contributed by atoms with Gasteiger partial charge in [0.25, 0.3) is 0 Å². The molecule has 52 valence electrons. The lowest BCUT2D eigenvalue weighted by atomic mass is 9.96. The van der Waals surface area contributed by atoms with Crippen LogP contribution in [0.3, 0.4) is 0 Å². The van der Waals surface area contributed by atoms with Crippen molar-refractivity contribution in [1.29, 1.82) is 0 Å². The maximum Gasteiger partial charge on any atom is 0.0241 e. The molecule has 2 bridgehead atoms. The van der Waals surface area contributed by atoms with Crippen LogP contribution in [0.25, 0.3) is 0 Å². The van der Waals surface area contributed by atoms with Crippen LogP contribution in [0.15, 0.2) is 0 Å². The van der Waals surface area contributed by atoms with Crippen molar-refractivity contribution >= 4 is 0 Å². The minimum absolute atomic E-state index is 0.656. The minimum Gasteiger partial charge on any atom is -0.271 e. The predicted molar refractivity (Wildman–Crippen MR) is 36.6 cm³/mol. The third-order valence-electron chi connectivity index (χ3n) is 2.95. The summed E-state index contributed by atoms with van der Waals surface area (Å²) in [5.41, 5.74) is 2.90. The van der Waals surface area contributed by atoms with E-state index in [0.29, 0.717) is 6.04 Å². The molecular formula is C7H14N2. The van der Waals surface area contributed by atoms with E-state index in [2.05, 4.69) is 5.43 Å². The second-order valence-corrected chi connectivity index (χ2v) is 3.45. The van der Waals surface area contributed by atoms with Crippen LogP contribution in [0.2, 0.25) is 0 Å². The Labute approximate surface area is 55.8 Å². The van der Waals surface area contributed by atoms with Gasteiger partial charge < -0.3 is 0 Å². The van der Waals surface area contributed by atoms with Crippen LogP contribution in [-0.2, 0) is 0 Å². The molecule has 2 heteroatoms. The third kappa shape index (κ3) is 0.775. The third-order valence-corrected chi connectivity index (χ3v) is 2.95. The molecular weight excluding hydrogens is 112 g/mol. The molecule has 2 rings (SSSR count). The zero-order valence-electron chi connectivity index (χ0n) is 5.64. The van der Waals surface area contributed by atoms with E-state index < -0.39 is 0 Å². The van der Waals surface area contributed by atoms with Crippen molar-refractivity contribution in [3.05, 3.63) is 0 Å². The molecule has 3 atom stereocenters. The van der Waals surface area contributed by atoms with Gasteiger partial charge in [-0.1, -0.05) is 6.42 Å². The van der Waals surface area contributed by atoms with Gasteiger partial charge in [-0.05, 0) is 31.1 Å². The summed E-state index contributed by atoms with van der Waals surface area (Å²) in [6.07, 6.45) is 5.65. The van der Waals surface area contributed by atoms with Gasteiger partial charge in [-0.3, -0.25) is 11.3 Å². The first-order valence-corrected chi connectivity index (χ1v) is 3.86. The van der Waals surface area contributed by atoms with Crippen molar-refractivity contribution in [3.63, 3.8) is 0 Å². The summed E-state index contributed by atoms with van der Waals surface area (Å²) in [7, 11) is 0. The lowest BCUT2D eigenvalue weighted by molar-refractivity contribution is 0.357. The first kappa shape index (κ1) is 5.69. The summed E-state index contributed by atoms with van der Waals surface area (Å²) in [5, 5.41) is 0. The highest BCUT2D eigenvalue weighted by molar-refractivity contribution is 4.92. The molecule has 0 amide bonds. The van der Waals surface area contributed by atoms with Gasteiger partial charge in [-0.2, -0.15) is 0 Å². The maximum atomic E-state index is 5.37. The van der Waals surface area contributed by atoms with Crippen LogP contribution >= 0.6 is 0 Å². The molecule has 0 aromatic heterocycles. The van der Waals surface area contributed by atoms with Gasteiger partial charge in [0.15, 0.2) is 0 Å². The second-order valence-electron chi connectivity index (χ2n) is 3.45. The van der Waals surface area contributed by atoms with Gasteiger partial charge in [-0.15, -0.1) is 0 Å². The topological polar surface area (TPSA) is 38.0 Å². The first-order valence-electron chi connectivity index (χ1n) is 3.86. The Balaban J connectivity index is 2.01. The van der Waals surface area contributed by atoms with Gasteiger partial charge in [0.2, 0.25) is 0 Å². The molecule has 2 aliphatic rings.